The number of hydrogen-bond acceptors (Lipinski definition) is 4. The first-order chi connectivity index (χ1) is 8.22. The van der Waals surface area contributed by atoms with Gasteiger partial charge in [-0.05, 0) is 24.3 Å². The summed E-state index contributed by atoms with van der Waals surface area (Å²) in [6.07, 6.45) is 0.899. The van der Waals surface area contributed by atoms with Gasteiger partial charge in [0.25, 0.3) is 0 Å². The van der Waals surface area contributed by atoms with Crippen LogP contribution in [0, 0.1) is 0 Å². The van der Waals surface area contributed by atoms with Crippen LogP contribution in [0.5, 0.6) is 0 Å². The fourth-order valence-electron chi connectivity index (χ4n) is 1.57. The van der Waals surface area contributed by atoms with Crippen molar-refractivity contribution in [3.63, 3.8) is 0 Å². The molecule has 90 valence electrons. The minimum absolute atomic E-state index is 0.268. The summed E-state index contributed by atoms with van der Waals surface area (Å²) in [7, 11) is 0. The number of nitrogens with zero attached hydrogens (tertiary/aromatic N) is 1. The lowest BCUT2D eigenvalue weighted by Crippen LogP contribution is -2.23. The average Bonchev–Trinajstić information content (AvgIpc) is 2.38. The van der Waals surface area contributed by atoms with Gasteiger partial charge in [-0.2, -0.15) is 0 Å². The Morgan fingerprint density at radius 3 is 2.94 bits per heavy atom. The van der Waals surface area contributed by atoms with E-state index in [1.54, 1.807) is 12.3 Å². The first-order valence-electron chi connectivity index (χ1n) is 5.28. The molecule has 0 unspecified atom stereocenters. The van der Waals surface area contributed by atoms with Crippen LogP contribution in [0.4, 0.5) is 5.69 Å². The summed E-state index contributed by atoms with van der Waals surface area (Å²) in [4.78, 5) is 4.25. The Morgan fingerprint density at radius 2 is 2.18 bits per heavy atom. The van der Waals surface area contributed by atoms with E-state index in [4.69, 9.17) is 16.7 Å². The average molecular weight is 253 g/mol. The summed E-state index contributed by atoms with van der Waals surface area (Å²) >= 11 is 6.06. The maximum Gasteiger partial charge on any atom is 0.0948 e. The van der Waals surface area contributed by atoms with Crippen LogP contribution in [-0.4, -0.2) is 34.5 Å². The first-order valence-corrected chi connectivity index (χ1v) is 5.66. The molecule has 17 heavy (non-hydrogen) atoms. The molecule has 0 radical (unpaired) electrons. The normalized spacial score (nSPS) is 12.6. The SMILES string of the molecule is OC[C@@H](O)CNc1ccc(Cl)c2cccnc12. The molecule has 1 aromatic heterocycles. The number of pyridine rings is 1. The number of hydrogen-bond donors (Lipinski definition) is 3. The van der Waals surface area contributed by atoms with Crippen LogP contribution in [0.3, 0.4) is 0 Å². The zero-order valence-electron chi connectivity index (χ0n) is 9.10. The van der Waals surface area contributed by atoms with E-state index in [1.807, 2.05) is 18.2 Å². The van der Waals surface area contributed by atoms with Gasteiger partial charge in [0.15, 0.2) is 0 Å². The Hall–Kier alpha value is -1.36. The first kappa shape index (κ1) is 12.1. The second-order valence-corrected chi connectivity index (χ2v) is 4.12. The number of rotatable bonds is 4. The fourth-order valence-corrected chi connectivity index (χ4v) is 1.79. The van der Waals surface area contributed by atoms with Crippen LogP contribution < -0.4 is 5.32 Å². The van der Waals surface area contributed by atoms with Gasteiger partial charge in [0, 0.05) is 18.1 Å². The van der Waals surface area contributed by atoms with Crippen molar-refractivity contribution in [3.8, 4) is 0 Å². The van der Waals surface area contributed by atoms with Crippen molar-refractivity contribution in [2.75, 3.05) is 18.5 Å². The van der Waals surface area contributed by atoms with Crippen LogP contribution in [0.2, 0.25) is 5.02 Å². The highest BCUT2D eigenvalue weighted by Crippen LogP contribution is 2.27. The molecule has 4 nitrogen and oxygen atoms in total. The molecular weight excluding hydrogens is 240 g/mol. The quantitative estimate of drug-likeness (QED) is 0.774. The lowest BCUT2D eigenvalue weighted by molar-refractivity contribution is 0.105. The van der Waals surface area contributed by atoms with Crippen molar-refractivity contribution in [1.82, 2.24) is 4.98 Å². The van der Waals surface area contributed by atoms with E-state index in [0.29, 0.717) is 5.02 Å². The van der Waals surface area contributed by atoms with Crippen LogP contribution in [0.25, 0.3) is 10.9 Å². The van der Waals surface area contributed by atoms with Gasteiger partial charge in [-0.25, -0.2) is 0 Å². The summed E-state index contributed by atoms with van der Waals surface area (Å²) in [5.41, 5.74) is 1.54. The minimum atomic E-state index is -0.788. The van der Waals surface area contributed by atoms with Gasteiger partial charge in [-0.1, -0.05) is 11.6 Å². The van der Waals surface area contributed by atoms with Crippen molar-refractivity contribution in [1.29, 1.82) is 0 Å². The van der Waals surface area contributed by atoms with Crippen molar-refractivity contribution in [3.05, 3.63) is 35.5 Å². The molecule has 0 aliphatic rings. The van der Waals surface area contributed by atoms with Gasteiger partial charge in [0.05, 0.1) is 28.9 Å². The highest BCUT2D eigenvalue weighted by atomic mass is 35.5. The number of aliphatic hydroxyl groups is 2. The molecule has 0 amide bonds. The zero-order chi connectivity index (χ0) is 12.3. The predicted octanol–water partition coefficient (Wildman–Crippen LogP) is 1.65. The summed E-state index contributed by atoms with van der Waals surface area (Å²) < 4.78 is 0. The Balaban J connectivity index is 2.32. The number of nitrogens with one attached hydrogen (secondary N) is 1. The molecule has 0 aliphatic heterocycles. The Labute approximate surface area is 104 Å². The molecule has 5 heteroatoms. The van der Waals surface area contributed by atoms with E-state index in [1.165, 1.54) is 0 Å². The third-order valence-corrected chi connectivity index (χ3v) is 2.78. The molecule has 0 spiro atoms. The van der Waals surface area contributed by atoms with Crippen molar-refractivity contribution in [2.45, 2.75) is 6.10 Å². The number of aliphatic hydroxyl groups excluding tert-OH is 2. The molecular formula is C12H13ClN2O2. The van der Waals surface area contributed by atoms with Crippen LogP contribution >= 0.6 is 11.6 Å². The molecule has 0 saturated heterocycles. The van der Waals surface area contributed by atoms with Crippen LogP contribution in [0.15, 0.2) is 30.5 Å². The van der Waals surface area contributed by atoms with Crippen molar-refractivity contribution in [2.24, 2.45) is 0 Å². The molecule has 2 aromatic rings. The summed E-state index contributed by atoms with van der Waals surface area (Å²) in [6.45, 7) is -0.00421. The number of halogens is 1. The second kappa shape index (κ2) is 5.31. The van der Waals surface area contributed by atoms with Gasteiger partial charge < -0.3 is 15.5 Å². The number of aromatic nitrogens is 1. The van der Waals surface area contributed by atoms with Crippen molar-refractivity contribution >= 4 is 28.2 Å². The standard InChI is InChI=1S/C12H13ClN2O2/c13-10-3-4-11(15-6-8(17)7-16)12-9(10)2-1-5-14-12/h1-5,8,15-17H,6-7H2/t8-/m0/s1. The summed E-state index contributed by atoms with van der Waals surface area (Å²) in [5.74, 6) is 0. The van der Waals surface area contributed by atoms with Gasteiger partial charge >= 0.3 is 0 Å². The smallest absolute Gasteiger partial charge is 0.0948 e. The maximum absolute atomic E-state index is 9.29. The molecule has 0 fully saturated rings. The molecule has 1 aromatic carbocycles. The lowest BCUT2D eigenvalue weighted by Gasteiger charge is -2.12. The maximum atomic E-state index is 9.29. The summed E-state index contributed by atoms with van der Waals surface area (Å²) in [5, 5.41) is 22.6. The van der Waals surface area contributed by atoms with Gasteiger partial charge in [-0.15, -0.1) is 0 Å². The Bertz CT molecular complexity index is 519. The van der Waals surface area contributed by atoms with E-state index in [2.05, 4.69) is 10.3 Å². The van der Waals surface area contributed by atoms with E-state index in [9.17, 15) is 5.11 Å². The summed E-state index contributed by atoms with van der Waals surface area (Å²) in [6, 6.07) is 7.29. The molecule has 0 bridgehead atoms. The van der Waals surface area contributed by atoms with Gasteiger partial charge in [0.2, 0.25) is 0 Å². The molecule has 3 N–H and O–H groups in total. The largest absolute Gasteiger partial charge is 0.394 e. The topological polar surface area (TPSA) is 65.4 Å². The van der Waals surface area contributed by atoms with Crippen LogP contribution in [-0.2, 0) is 0 Å². The van der Waals surface area contributed by atoms with E-state index in [-0.39, 0.29) is 13.2 Å². The van der Waals surface area contributed by atoms with Crippen LogP contribution in [0.1, 0.15) is 0 Å². The minimum Gasteiger partial charge on any atom is -0.394 e. The van der Waals surface area contributed by atoms with E-state index < -0.39 is 6.10 Å². The molecule has 1 heterocycles. The third-order valence-electron chi connectivity index (χ3n) is 2.46. The van der Waals surface area contributed by atoms with Gasteiger partial charge in [0.1, 0.15) is 0 Å². The predicted molar refractivity (Wildman–Crippen MR) is 68.3 cm³/mol. The Kier molecular flexibility index (Phi) is 3.78. The number of benzene rings is 1. The molecule has 0 aliphatic carbocycles. The van der Waals surface area contributed by atoms with E-state index in [0.717, 1.165) is 16.6 Å². The molecule has 2 rings (SSSR count). The molecule has 1 atom stereocenters. The highest BCUT2D eigenvalue weighted by molar-refractivity contribution is 6.35. The van der Waals surface area contributed by atoms with Gasteiger partial charge in [-0.3, -0.25) is 4.98 Å². The monoisotopic (exact) mass is 252 g/mol. The number of fused-ring (bicyclic) bond motifs is 1. The Morgan fingerprint density at radius 1 is 1.35 bits per heavy atom. The van der Waals surface area contributed by atoms with Crippen molar-refractivity contribution < 1.29 is 10.2 Å². The zero-order valence-corrected chi connectivity index (χ0v) is 9.85. The molecule has 0 saturated carbocycles. The number of anilines is 1. The second-order valence-electron chi connectivity index (χ2n) is 3.71. The fraction of sp³-hybridized carbons (Fsp3) is 0.250. The lowest BCUT2D eigenvalue weighted by atomic mass is 10.2. The third kappa shape index (κ3) is 2.66. The van der Waals surface area contributed by atoms with E-state index >= 15 is 0 Å². The highest BCUT2D eigenvalue weighted by Gasteiger charge is 2.07.